The molecule has 0 aliphatic carbocycles. The van der Waals surface area contributed by atoms with Crippen LogP contribution in [0.15, 0.2) is 65.3 Å². The van der Waals surface area contributed by atoms with Crippen LogP contribution in [0.4, 0.5) is 11.4 Å². The van der Waals surface area contributed by atoms with Crippen LogP contribution < -0.4 is 10.6 Å². The molecule has 1 heterocycles. The Kier molecular flexibility index (Phi) is 4.66. The molecule has 126 valence electrons. The summed E-state index contributed by atoms with van der Waals surface area (Å²) in [6, 6.07) is 15.7. The van der Waals surface area contributed by atoms with E-state index in [0.29, 0.717) is 16.9 Å². The minimum Gasteiger partial charge on any atom is -0.459 e. The third-order valence-electron chi connectivity index (χ3n) is 3.91. The van der Waals surface area contributed by atoms with Crippen LogP contribution in [0.2, 0.25) is 0 Å². The zero-order chi connectivity index (χ0) is 17.8. The third-order valence-corrected chi connectivity index (χ3v) is 3.91. The van der Waals surface area contributed by atoms with E-state index in [1.54, 1.807) is 42.5 Å². The van der Waals surface area contributed by atoms with Gasteiger partial charge >= 0.3 is 0 Å². The van der Waals surface area contributed by atoms with Gasteiger partial charge in [0.25, 0.3) is 11.8 Å². The van der Waals surface area contributed by atoms with Crippen molar-refractivity contribution >= 4 is 23.2 Å². The fourth-order valence-electron chi connectivity index (χ4n) is 2.32. The molecule has 5 nitrogen and oxygen atoms in total. The molecule has 0 spiro atoms. The Bertz CT molecular complexity index is 897. The molecule has 0 bridgehead atoms. The third kappa shape index (κ3) is 3.95. The number of aryl methyl sites for hydroxylation is 2. The lowest BCUT2D eigenvalue weighted by molar-refractivity contribution is 0.0994. The Hall–Kier alpha value is -3.34. The first-order valence-corrected chi connectivity index (χ1v) is 7.86. The molecule has 2 aromatic carbocycles. The highest BCUT2D eigenvalue weighted by Gasteiger charge is 2.10. The van der Waals surface area contributed by atoms with Crippen molar-refractivity contribution in [2.75, 3.05) is 10.6 Å². The molecule has 0 aliphatic heterocycles. The van der Waals surface area contributed by atoms with Crippen molar-refractivity contribution in [1.82, 2.24) is 0 Å². The van der Waals surface area contributed by atoms with Gasteiger partial charge in [0, 0.05) is 16.9 Å². The second-order valence-electron chi connectivity index (χ2n) is 5.76. The van der Waals surface area contributed by atoms with Gasteiger partial charge in [-0.1, -0.05) is 6.07 Å². The molecule has 0 radical (unpaired) electrons. The Labute approximate surface area is 145 Å². The van der Waals surface area contributed by atoms with Crippen LogP contribution in [-0.4, -0.2) is 11.8 Å². The molecule has 5 heteroatoms. The summed E-state index contributed by atoms with van der Waals surface area (Å²) < 4.78 is 5.04. The lowest BCUT2D eigenvalue weighted by Gasteiger charge is -2.08. The normalized spacial score (nSPS) is 10.3. The van der Waals surface area contributed by atoms with Crippen LogP contribution >= 0.6 is 0 Å². The minimum atomic E-state index is -0.322. The van der Waals surface area contributed by atoms with Gasteiger partial charge in [-0.15, -0.1) is 0 Å². The second kappa shape index (κ2) is 7.05. The largest absolute Gasteiger partial charge is 0.459 e. The van der Waals surface area contributed by atoms with Crippen molar-refractivity contribution in [3.63, 3.8) is 0 Å². The van der Waals surface area contributed by atoms with E-state index >= 15 is 0 Å². The standard InChI is InChI=1S/C20H18N2O3/c1-13-5-6-15(12-14(13)2)19(23)21-16-7-9-17(10-8-16)22-20(24)18-4-3-11-25-18/h3-12H,1-2H3,(H,21,23)(H,22,24). The topological polar surface area (TPSA) is 71.3 Å². The molecular formula is C20H18N2O3. The highest BCUT2D eigenvalue weighted by molar-refractivity contribution is 6.05. The van der Waals surface area contributed by atoms with Crippen LogP contribution in [0.5, 0.6) is 0 Å². The van der Waals surface area contributed by atoms with Crippen LogP contribution in [-0.2, 0) is 0 Å². The molecular weight excluding hydrogens is 316 g/mol. The van der Waals surface area contributed by atoms with Crippen LogP contribution in [0, 0.1) is 13.8 Å². The molecule has 0 saturated heterocycles. The average molecular weight is 334 g/mol. The van der Waals surface area contributed by atoms with Crippen molar-refractivity contribution < 1.29 is 14.0 Å². The van der Waals surface area contributed by atoms with Crippen LogP contribution in [0.3, 0.4) is 0 Å². The number of carbonyl (C=O) groups excluding carboxylic acids is 2. The van der Waals surface area contributed by atoms with Crippen molar-refractivity contribution in [2.24, 2.45) is 0 Å². The summed E-state index contributed by atoms with van der Waals surface area (Å²) in [6.45, 7) is 3.98. The first-order valence-electron chi connectivity index (χ1n) is 7.86. The monoisotopic (exact) mass is 334 g/mol. The Morgan fingerprint density at radius 2 is 1.44 bits per heavy atom. The predicted molar refractivity (Wildman–Crippen MR) is 97.0 cm³/mol. The van der Waals surface area contributed by atoms with Crippen LogP contribution in [0.25, 0.3) is 0 Å². The van der Waals surface area contributed by atoms with E-state index in [0.717, 1.165) is 11.1 Å². The number of carbonyl (C=O) groups is 2. The summed E-state index contributed by atoms with van der Waals surface area (Å²) in [6.07, 6.45) is 1.44. The van der Waals surface area contributed by atoms with Gasteiger partial charge in [0.15, 0.2) is 5.76 Å². The molecule has 0 unspecified atom stereocenters. The summed E-state index contributed by atoms with van der Waals surface area (Å²) in [5.74, 6) is -0.250. The zero-order valence-electron chi connectivity index (χ0n) is 14.0. The van der Waals surface area contributed by atoms with Gasteiger partial charge in [0.2, 0.25) is 0 Å². The Morgan fingerprint density at radius 3 is 2.00 bits per heavy atom. The highest BCUT2D eigenvalue weighted by Crippen LogP contribution is 2.17. The number of rotatable bonds is 4. The van der Waals surface area contributed by atoms with Crippen molar-refractivity contribution in [2.45, 2.75) is 13.8 Å². The number of anilines is 2. The Balaban J connectivity index is 1.65. The number of hydrogen-bond acceptors (Lipinski definition) is 3. The van der Waals surface area contributed by atoms with Gasteiger partial charge in [-0.25, -0.2) is 0 Å². The quantitative estimate of drug-likeness (QED) is 0.743. The number of amides is 2. The van der Waals surface area contributed by atoms with Gasteiger partial charge < -0.3 is 15.1 Å². The first-order chi connectivity index (χ1) is 12.0. The lowest BCUT2D eigenvalue weighted by atomic mass is 10.1. The minimum absolute atomic E-state index is 0.171. The number of nitrogens with one attached hydrogen (secondary N) is 2. The van der Waals surface area contributed by atoms with Gasteiger partial charge in [-0.05, 0) is 73.5 Å². The van der Waals surface area contributed by atoms with Crippen molar-refractivity contribution in [3.8, 4) is 0 Å². The molecule has 0 fully saturated rings. The molecule has 3 rings (SSSR count). The fraction of sp³-hybridized carbons (Fsp3) is 0.100. The maximum Gasteiger partial charge on any atom is 0.291 e. The molecule has 0 saturated carbocycles. The molecule has 25 heavy (non-hydrogen) atoms. The second-order valence-corrected chi connectivity index (χ2v) is 5.76. The van der Waals surface area contributed by atoms with E-state index in [9.17, 15) is 9.59 Å². The lowest BCUT2D eigenvalue weighted by Crippen LogP contribution is -2.13. The number of furan rings is 1. The first kappa shape index (κ1) is 16.5. The van der Waals surface area contributed by atoms with E-state index in [1.165, 1.54) is 6.26 Å². The van der Waals surface area contributed by atoms with Gasteiger partial charge in [0.05, 0.1) is 6.26 Å². The van der Waals surface area contributed by atoms with Gasteiger partial charge in [-0.3, -0.25) is 9.59 Å². The highest BCUT2D eigenvalue weighted by atomic mass is 16.3. The van der Waals surface area contributed by atoms with Gasteiger partial charge in [0.1, 0.15) is 0 Å². The SMILES string of the molecule is Cc1ccc(C(=O)Nc2ccc(NC(=O)c3ccco3)cc2)cc1C. The Morgan fingerprint density at radius 1 is 0.800 bits per heavy atom. The predicted octanol–water partition coefficient (Wildman–Crippen LogP) is 4.40. The smallest absolute Gasteiger partial charge is 0.291 e. The average Bonchev–Trinajstić information content (AvgIpc) is 3.14. The summed E-state index contributed by atoms with van der Waals surface area (Å²) in [4.78, 5) is 24.2. The van der Waals surface area contributed by atoms with E-state index in [-0.39, 0.29) is 17.6 Å². The maximum atomic E-state index is 12.3. The molecule has 2 amide bonds. The zero-order valence-corrected chi connectivity index (χ0v) is 14.0. The van der Waals surface area contributed by atoms with E-state index in [1.807, 2.05) is 26.0 Å². The molecule has 0 aliphatic rings. The summed E-state index contributed by atoms with van der Waals surface area (Å²) in [5.41, 5.74) is 4.10. The van der Waals surface area contributed by atoms with E-state index in [4.69, 9.17) is 4.42 Å². The van der Waals surface area contributed by atoms with E-state index < -0.39 is 0 Å². The number of benzene rings is 2. The molecule has 0 atom stereocenters. The molecule has 2 N–H and O–H groups in total. The van der Waals surface area contributed by atoms with Crippen LogP contribution in [0.1, 0.15) is 32.0 Å². The molecule has 1 aromatic heterocycles. The summed E-state index contributed by atoms with van der Waals surface area (Å²) in [5, 5.41) is 5.57. The van der Waals surface area contributed by atoms with E-state index in [2.05, 4.69) is 10.6 Å². The molecule has 3 aromatic rings. The fourth-order valence-corrected chi connectivity index (χ4v) is 2.32. The summed E-state index contributed by atoms with van der Waals surface area (Å²) >= 11 is 0. The number of hydrogen-bond donors (Lipinski definition) is 2. The van der Waals surface area contributed by atoms with Crippen molar-refractivity contribution in [1.29, 1.82) is 0 Å². The van der Waals surface area contributed by atoms with Crippen molar-refractivity contribution in [3.05, 3.63) is 83.3 Å². The van der Waals surface area contributed by atoms with Gasteiger partial charge in [-0.2, -0.15) is 0 Å². The summed E-state index contributed by atoms with van der Waals surface area (Å²) in [7, 11) is 0. The maximum absolute atomic E-state index is 12.3.